The van der Waals surface area contributed by atoms with Gasteiger partial charge in [-0.15, -0.1) is 4.91 Å². The van der Waals surface area contributed by atoms with Crippen LogP contribution in [-0.2, 0) is 9.59 Å². The molecule has 0 radical (unpaired) electrons. The van der Waals surface area contributed by atoms with Gasteiger partial charge >= 0.3 is 0 Å². The lowest BCUT2D eigenvalue weighted by molar-refractivity contribution is -0.131. The maximum atomic E-state index is 14.9. The van der Waals surface area contributed by atoms with E-state index in [9.17, 15) is 32.1 Å². The standard InChI is InChI=1S/C28H21ClF4N4O3/c1-14-24(28(39)37(35-40)15(2)17-7-5-4-6-8-17)26(20-10-9-18(30)11-21(20)29)36(16(3)38)27(34-14)25-22(32)12-19(31)13-23(25)33/h4-13,15,26H,1-3H3/t15-,26+/m1/s1. The van der Waals surface area contributed by atoms with E-state index in [1.54, 1.807) is 37.3 Å². The molecule has 12 heteroatoms. The minimum absolute atomic E-state index is 0.00509. The van der Waals surface area contributed by atoms with E-state index in [0.717, 1.165) is 24.0 Å². The Balaban J connectivity index is 2.00. The monoisotopic (exact) mass is 572 g/mol. The number of hydrogen-bond acceptors (Lipinski definition) is 5. The van der Waals surface area contributed by atoms with Crippen LogP contribution in [0.2, 0.25) is 5.02 Å². The van der Waals surface area contributed by atoms with Crippen molar-refractivity contribution >= 4 is 29.3 Å². The van der Waals surface area contributed by atoms with Crippen LogP contribution in [0.5, 0.6) is 0 Å². The molecular formula is C28H21ClF4N4O3. The summed E-state index contributed by atoms with van der Waals surface area (Å²) in [5.41, 5.74) is -0.704. The van der Waals surface area contributed by atoms with E-state index in [0.29, 0.717) is 22.7 Å². The number of carbonyl (C=O) groups excluding carboxylic acids is 2. The van der Waals surface area contributed by atoms with Crippen molar-refractivity contribution in [1.29, 1.82) is 0 Å². The third kappa shape index (κ3) is 5.24. The van der Waals surface area contributed by atoms with Crippen LogP contribution in [0.4, 0.5) is 17.6 Å². The molecule has 0 aromatic heterocycles. The van der Waals surface area contributed by atoms with Crippen LogP contribution < -0.4 is 0 Å². The van der Waals surface area contributed by atoms with Crippen LogP contribution in [0.25, 0.3) is 0 Å². The molecule has 40 heavy (non-hydrogen) atoms. The number of rotatable bonds is 6. The number of nitroso groups, excluding NO2 is 1. The van der Waals surface area contributed by atoms with Crippen LogP contribution in [-0.4, -0.2) is 27.6 Å². The van der Waals surface area contributed by atoms with Gasteiger partial charge in [-0.1, -0.05) is 48.0 Å². The first-order valence-electron chi connectivity index (χ1n) is 11.9. The smallest absolute Gasteiger partial charge is 0.277 e. The quantitative estimate of drug-likeness (QED) is 0.185. The summed E-state index contributed by atoms with van der Waals surface area (Å²) in [6, 6.07) is 10.1. The number of carbonyl (C=O) groups is 2. The number of benzene rings is 3. The second-order valence-electron chi connectivity index (χ2n) is 8.95. The molecule has 0 saturated heterocycles. The van der Waals surface area contributed by atoms with Crippen molar-refractivity contribution in [2.24, 2.45) is 10.3 Å². The molecular weight excluding hydrogens is 552 g/mol. The van der Waals surface area contributed by atoms with Gasteiger partial charge in [0.15, 0.2) is 0 Å². The molecule has 0 saturated carbocycles. The predicted octanol–water partition coefficient (Wildman–Crippen LogP) is 6.79. The van der Waals surface area contributed by atoms with Gasteiger partial charge in [0.1, 0.15) is 29.1 Å². The Morgan fingerprint density at radius 2 is 1.62 bits per heavy atom. The fraction of sp³-hybridized carbons (Fsp3) is 0.179. The van der Waals surface area contributed by atoms with Gasteiger partial charge in [0, 0.05) is 24.1 Å². The predicted molar refractivity (Wildman–Crippen MR) is 140 cm³/mol. The second-order valence-corrected chi connectivity index (χ2v) is 9.36. The van der Waals surface area contributed by atoms with E-state index < -0.39 is 58.6 Å². The van der Waals surface area contributed by atoms with E-state index in [4.69, 9.17) is 11.6 Å². The molecule has 0 spiro atoms. The fourth-order valence-corrected chi connectivity index (χ4v) is 4.83. The minimum atomic E-state index is -1.53. The molecule has 1 aliphatic heterocycles. The molecule has 2 amide bonds. The Morgan fingerprint density at radius 1 is 1.00 bits per heavy atom. The molecule has 4 rings (SSSR count). The highest BCUT2D eigenvalue weighted by molar-refractivity contribution is 6.31. The lowest BCUT2D eigenvalue weighted by atomic mass is 9.91. The zero-order chi connectivity index (χ0) is 29.3. The Hall–Kier alpha value is -4.38. The van der Waals surface area contributed by atoms with E-state index in [2.05, 4.69) is 10.3 Å². The maximum Gasteiger partial charge on any atom is 0.277 e. The molecule has 0 fully saturated rings. The van der Waals surface area contributed by atoms with Crippen molar-refractivity contribution in [2.45, 2.75) is 32.9 Å². The lowest BCUT2D eigenvalue weighted by Gasteiger charge is -2.38. The van der Waals surface area contributed by atoms with Crippen LogP contribution in [0, 0.1) is 28.2 Å². The molecule has 0 bridgehead atoms. The Bertz CT molecular complexity index is 1560. The molecule has 3 aromatic rings. The van der Waals surface area contributed by atoms with Crippen molar-refractivity contribution in [3.8, 4) is 0 Å². The van der Waals surface area contributed by atoms with Crippen molar-refractivity contribution in [2.75, 3.05) is 0 Å². The molecule has 0 aliphatic carbocycles. The third-order valence-corrected chi connectivity index (χ3v) is 6.75. The summed E-state index contributed by atoms with van der Waals surface area (Å²) in [5, 5.41) is 3.33. The van der Waals surface area contributed by atoms with Gasteiger partial charge in [0.25, 0.3) is 5.91 Å². The van der Waals surface area contributed by atoms with Crippen molar-refractivity contribution in [1.82, 2.24) is 9.91 Å². The molecule has 206 valence electrons. The Labute approximate surface area is 231 Å². The summed E-state index contributed by atoms with van der Waals surface area (Å²) in [6.45, 7) is 3.92. The van der Waals surface area contributed by atoms with Gasteiger partial charge in [0.05, 0.1) is 34.2 Å². The highest BCUT2D eigenvalue weighted by Gasteiger charge is 2.43. The second kappa shape index (κ2) is 11.4. The number of halogens is 5. The van der Waals surface area contributed by atoms with Crippen LogP contribution in [0.3, 0.4) is 0 Å². The van der Waals surface area contributed by atoms with Crippen LogP contribution in [0.1, 0.15) is 49.5 Å². The first-order chi connectivity index (χ1) is 19.0. The maximum absolute atomic E-state index is 14.9. The highest BCUT2D eigenvalue weighted by atomic mass is 35.5. The SMILES string of the molecule is CC(=O)N1C(c2c(F)cc(F)cc2F)=NC(C)=C(C(=O)N(N=O)[C@H](C)c2ccccc2)[C@@H]1c1ccc(F)cc1Cl. The van der Waals surface area contributed by atoms with Crippen LogP contribution >= 0.6 is 11.6 Å². The fourth-order valence-electron chi connectivity index (χ4n) is 4.55. The van der Waals surface area contributed by atoms with Gasteiger partial charge in [0.2, 0.25) is 5.91 Å². The lowest BCUT2D eigenvalue weighted by Crippen LogP contribution is -2.46. The number of amidine groups is 1. The number of allylic oxidation sites excluding steroid dienone is 1. The van der Waals surface area contributed by atoms with Gasteiger partial charge in [-0.05, 0) is 37.1 Å². The molecule has 2 atom stereocenters. The van der Waals surface area contributed by atoms with E-state index in [1.807, 2.05) is 0 Å². The summed E-state index contributed by atoms with van der Waals surface area (Å²) in [7, 11) is 0. The summed E-state index contributed by atoms with van der Waals surface area (Å²) in [4.78, 5) is 44.0. The zero-order valence-corrected chi connectivity index (χ0v) is 22.1. The van der Waals surface area contributed by atoms with Crippen LogP contribution in [0.15, 0.2) is 82.2 Å². The first-order valence-corrected chi connectivity index (χ1v) is 12.2. The zero-order valence-electron chi connectivity index (χ0n) is 21.3. The number of aliphatic imine (C=N–C) groups is 1. The van der Waals surface area contributed by atoms with Crippen molar-refractivity contribution in [3.05, 3.63) is 122 Å². The van der Waals surface area contributed by atoms with Crippen molar-refractivity contribution in [3.63, 3.8) is 0 Å². The van der Waals surface area contributed by atoms with Gasteiger partial charge in [-0.3, -0.25) is 14.5 Å². The average Bonchev–Trinajstić information content (AvgIpc) is 2.88. The number of amides is 2. The topological polar surface area (TPSA) is 82.4 Å². The van der Waals surface area contributed by atoms with E-state index in [-0.39, 0.29) is 21.9 Å². The third-order valence-electron chi connectivity index (χ3n) is 6.43. The number of nitrogens with zero attached hydrogens (tertiary/aromatic N) is 4. The highest BCUT2D eigenvalue weighted by Crippen LogP contribution is 2.42. The average molecular weight is 573 g/mol. The molecule has 3 aromatic carbocycles. The largest absolute Gasteiger partial charge is 0.284 e. The Kier molecular flexibility index (Phi) is 8.15. The van der Waals surface area contributed by atoms with E-state index >= 15 is 0 Å². The molecule has 0 N–H and O–H groups in total. The summed E-state index contributed by atoms with van der Waals surface area (Å²) >= 11 is 6.35. The summed E-state index contributed by atoms with van der Waals surface area (Å²) in [6.07, 6.45) is 0. The molecule has 1 aliphatic rings. The van der Waals surface area contributed by atoms with Gasteiger partial charge in [-0.2, -0.15) is 5.01 Å². The first kappa shape index (κ1) is 28.6. The van der Waals surface area contributed by atoms with E-state index in [1.165, 1.54) is 13.0 Å². The Morgan fingerprint density at radius 3 is 2.17 bits per heavy atom. The molecule has 0 unspecified atom stereocenters. The minimum Gasteiger partial charge on any atom is -0.284 e. The molecule has 7 nitrogen and oxygen atoms in total. The van der Waals surface area contributed by atoms with Gasteiger partial charge in [-0.25, -0.2) is 22.6 Å². The van der Waals surface area contributed by atoms with Gasteiger partial charge < -0.3 is 0 Å². The summed E-state index contributed by atoms with van der Waals surface area (Å²) in [5.74, 6) is -7.05. The van der Waals surface area contributed by atoms with Crippen molar-refractivity contribution < 1.29 is 27.2 Å². The normalized spacial score (nSPS) is 15.9. The summed E-state index contributed by atoms with van der Waals surface area (Å²) < 4.78 is 57.6. The number of hydrogen-bond donors (Lipinski definition) is 0. The molecule has 1 heterocycles.